The average Bonchev–Trinajstić information content (AvgIpc) is 2.34. The second-order valence-electron chi connectivity index (χ2n) is 4.24. The quantitative estimate of drug-likeness (QED) is 0.678. The zero-order valence-corrected chi connectivity index (χ0v) is 11.2. The summed E-state index contributed by atoms with van der Waals surface area (Å²) in [6, 6.07) is 1.62. The first-order valence-corrected chi connectivity index (χ1v) is 7.12. The lowest BCUT2D eigenvalue weighted by molar-refractivity contribution is 0.263. The van der Waals surface area contributed by atoms with Gasteiger partial charge in [-0.05, 0) is 24.5 Å². The first-order chi connectivity index (χ1) is 8.79. The zero-order valence-electron chi connectivity index (χ0n) is 10.4. The van der Waals surface area contributed by atoms with Gasteiger partial charge >= 0.3 is 0 Å². The lowest BCUT2D eigenvalue weighted by Gasteiger charge is -2.12. The molecule has 1 atom stereocenters. The van der Waals surface area contributed by atoms with Crippen LogP contribution in [0.1, 0.15) is 13.3 Å². The number of nitrogen functional groups attached to an aromatic ring is 1. The Morgan fingerprint density at radius 2 is 2.05 bits per heavy atom. The third kappa shape index (κ3) is 3.85. The molecule has 8 heteroatoms. The number of rotatable bonds is 6. The van der Waals surface area contributed by atoms with Crippen LogP contribution in [0, 0.1) is 17.6 Å². The molecular weight excluding hydrogens is 278 g/mol. The molecule has 0 fully saturated rings. The molecule has 0 radical (unpaired) electrons. The minimum atomic E-state index is -4.10. The maximum Gasteiger partial charge on any atom is 0.243 e. The Labute approximate surface area is 110 Å². The second-order valence-corrected chi connectivity index (χ2v) is 5.98. The van der Waals surface area contributed by atoms with Crippen molar-refractivity contribution in [2.75, 3.05) is 18.9 Å². The molecule has 0 saturated carbocycles. The normalized spacial score (nSPS) is 13.5. The van der Waals surface area contributed by atoms with Crippen molar-refractivity contribution in [3.63, 3.8) is 0 Å². The van der Waals surface area contributed by atoms with Crippen LogP contribution in [0.2, 0.25) is 0 Å². The molecular formula is C11H16F2N2O3S. The molecule has 0 amide bonds. The molecule has 0 aliphatic heterocycles. The summed E-state index contributed by atoms with van der Waals surface area (Å²) in [6.45, 7) is 1.70. The summed E-state index contributed by atoms with van der Waals surface area (Å²) in [5.74, 6) is -2.42. The lowest BCUT2D eigenvalue weighted by atomic mass is 10.1. The van der Waals surface area contributed by atoms with Gasteiger partial charge < -0.3 is 10.8 Å². The van der Waals surface area contributed by atoms with Crippen LogP contribution in [0.15, 0.2) is 17.0 Å². The highest BCUT2D eigenvalue weighted by atomic mass is 32.2. The summed E-state index contributed by atoms with van der Waals surface area (Å²) >= 11 is 0. The van der Waals surface area contributed by atoms with Gasteiger partial charge in [-0.1, -0.05) is 6.92 Å². The van der Waals surface area contributed by atoms with Gasteiger partial charge in [0.1, 0.15) is 16.4 Å². The second kappa shape index (κ2) is 6.27. The molecule has 0 heterocycles. The van der Waals surface area contributed by atoms with E-state index in [0.717, 1.165) is 12.1 Å². The summed E-state index contributed by atoms with van der Waals surface area (Å²) < 4.78 is 52.4. The Kier molecular flexibility index (Phi) is 5.21. The van der Waals surface area contributed by atoms with Crippen LogP contribution in [-0.2, 0) is 10.0 Å². The molecule has 4 N–H and O–H groups in total. The predicted octanol–water partition coefficient (Wildman–Crippen LogP) is 0.844. The van der Waals surface area contributed by atoms with E-state index in [2.05, 4.69) is 4.72 Å². The van der Waals surface area contributed by atoms with E-state index in [0.29, 0.717) is 6.42 Å². The van der Waals surface area contributed by atoms with E-state index in [-0.39, 0.29) is 19.1 Å². The van der Waals surface area contributed by atoms with Gasteiger partial charge in [0.2, 0.25) is 10.0 Å². The minimum absolute atomic E-state index is 0.0413. The number of hydrogen-bond donors (Lipinski definition) is 3. The molecule has 0 spiro atoms. The van der Waals surface area contributed by atoms with Crippen molar-refractivity contribution in [3.8, 4) is 0 Å². The Hall–Kier alpha value is -1.25. The standard InChI is InChI=1S/C11H16F2N2O3S/c1-7(4-5-16)6-15-19(17,18)9-3-2-8(12)11(14)10(9)13/h2-3,7,15-16H,4-6,14H2,1H3. The molecule has 19 heavy (non-hydrogen) atoms. The molecule has 1 aromatic carbocycles. The SMILES string of the molecule is CC(CCO)CNS(=O)(=O)c1ccc(F)c(N)c1F. The van der Waals surface area contributed by atoms with Crippen LogP contribution in [0.4, 0.5) is 14.5 Å². The van der Waals surface area contributed by atoms with Gasteiger partial charge in [-0.2, -0.15) is 0 Å². The number of halogens is 2. The monoisotopic (exact) mass is 294 g/mol. The number of anilines is 1. The van der Waals surface area contributed by atoms with Gasteiger partial charge in [-0.15, -0.1) is 0 Å². The van der Waals surface area contributed by atoms with Crippen molar-refractivity contribution in [2.45, 2.75) is 18.2 Å². The van der Waals surface area contributed by atoms with E-state index >= 15 is 0 Å². The molecule has 1 unspecified atom stereocenters. The zero-order chi connectivity index (χ0) is 14.6. The summed E-state index contributed by atoms with van der Waals surface area (Å²) in [6.07, 6.45) is 0.413. The number of sulfonamides is 1. The topological polar surface area (TPSA) is 92.4 Å². The lowest BCUT2D eigenvalue weighted by Crippen LogP contribution is -2.29. The molecule has 5 nitrogen and oxygen atoms in total. The maximum absolute atomic E-state index is 13.6. The van der Waals surface area contributed by atoms with E-state index in [1.54, 1.807) is 6.92 Å². The average molecular weight is 294 g/mol. The number of nitrogens with one attached hydrogen (secondary N) is 1. The number of aliphatic hydroxyl groups excluding tert-OH is 1. The molecule has 0 aliphatic rings. The van der Waals surface area contributed by atoms with Crippen molar-refractivity contribution < 1.29 is 22.3 Å². The van der Waals surface area contributed by atoms with Crippen LogP contribution < -0.4 is 10.5 Å². The van der Waals surface area contributed by atoms with E-state index in [1.807, 2.05) is 0 Å². The van der Waals surface area contributed by atoms with E-state index in [9.17, 15) is 17.2 Å². The fraction of sp³-hybridized carbons (Fsp3) is 0.455. The number of aliphatic hydroxyl groups is 1. The molecule has 1 rings (SSSR count). The van der Waals surface area contributed by atoms with Gasteiger partial charge in [0, 0.05) is 13.2 Å². The first-order valence-electron chi connectivity index (χ1n) is 5.63. The van der Waals surface area contributed by atoms with Crippen LogP contribution in [0.5, 0.6) is 0 Å². The van der Waals surface area contributed by atoms with Crippen molar-refractivity contribution in [3.05, 3.63) is 23.8 Å². The minimum Gasteiger partial charge on any atom is -0.396 e. The third-order valence-electron chi connectivity index (χ3n) is 2.62. The molecule has 0 saturated heterocycles. The van der Waals surface area contributed by atoms with Crippen molar-refractivity contribution >= 4 is 15.7 Å². The Bertz CT molecular complexity index is 549. The van der Waals surface area contributed by atoms with Crippen molar-refractivity contribution in [1.82, 2.24) is 4.72 Å². The first kappa shape index (κ1) is 15.8. The number of nitrogens with two attached hydrogens (primary N) is 1. The van der Waals surface area contributed by atoms with Crippen molar-refractivity contribution in [2.24, 2.45) is 5.92 Å². The molecule has 108 valence electrons. The van der Waals surface area contributed by atoms with E-state index in [1.165, 1.54) is 0 Å². The number of hydrogen-bond acceptors (Lipinski definition) is 4. The van der Waals surface area contributed by atoms with Crippen LogP contribution >= 0.6 is 0 Å². The molecule has 0 bridgehead atoms. The van der Waals surface area contributed by atoms with E-state index < -0.39 is 32.2 Å². The fourth-order valence-corrected chi connectivity index (χ4v) is 2.66. The maximum atomic E-state index is 13.6. The van der Waals surface area contributed by atoms with Crippen molar-refractivity contribution in [1.29, 1.82) is 0 Å². The largest absolute Gasteiger partial charge is 0.396 e. The highest BCUT2D eigenvalue weighted by Gasteiger charge is 2.22. The smallest absolute Gasteiger partial charge is 0.243 e. The van der Waals surface area contributed by atoms with E-state index in [4.69, 9.17) is 10.8 Å². The Morgan fingerprint density at radius 1 is 1.42 bits per heavy atom. The highest BCUT2D eigenvalue weighted by molar-refractivity contribution is 7.89. The summed E-state index contributed by atoms with van der Waals surface area (Å²) in [4.78, 5) is -0.692. The summed E-state index contributed by atoms with van der Waals surface area (Å²) in [5.41, 5.74) is 4.28. The molecule has 0 aliphatic carbocycles. The van der Waals surface area contributed by atoms with Gasteiger partial charge in [0.15, 0.2) is 5.82 Å². The van der Waals surface area contributed by atoms with Gasteiger partial charge in [-0.3, -0.25) is 0 Å². The highest BCUT2D eigenvalue weighted by Crippen LogP contribution is 2.22. The molecule has 1 aromatic rings. The van der Waals surface area contributed by atoms with Crippen LogP contribution in [0.3, 0.4) is 0 Å². The third-order valence-corrected chi connectivity index (χ3v) is 4.07. The summed E-state index contributed by atoms with van der Waals surface area (Å²) in [5, 5.41) is 8.70. The van der Waals surface area contributed by atoms with Gasteiger partial charge in [0.25, 0.3) is 0 Å². The number of benzene rings is 1. The van der Waals surface area contributed by atoms with Crippen LogP contribution in [-0.4, -0.2) is 26.7 Å². The predicted molar refractivity (Wildman–Crippen MR) is 66.8 cm³/mol. The Morgan fingerprint density at radius 3 is 2.63 bits per heavy atom. The van der Waals surface area contributed by atoms with Crippen LogP contribution in [0.25, 0.3) is 0 Å². The Balaban J connectivity index is 2.92. The summed E-state index contributed by atoms with van der Waals surface area (Å²) in [7, 11) is -4.10. The molecule has 0 aromatic heterocycles. The fourth-order valence-electron chi connectivity index (χ4n) is 1.41. The van der Waals surface area contributed by atoms with Gasteiger partial charge in [-0.25, -0.2) is 21.9 Å². The van der Waals surface area contributed by atoms with Gasteiger partial charge in [0.05, 0.1) is 0 Å².